The number of rotatable bonds is 2. The third-order valence-corrected chi connectivity index (χ3v) is 1.74. The molecule has 0 aromatic carbocycles. The van der Waals surface area contributed by atoms with Crippen LogP contribution in [0.5, 0.6) is 0 Å². The Hall–Kier alpha value is 0.0400. The highest BCUT2D eigenvalue weighted by Gasteiger charge is 2.02. The van der Waals surface area contributed by atoms with Crippen LogP contribution >= 0.6 is 25.1 Å². The van der Waals surface area contributed by atoms with Crippen molar-refractivity contribution in [2.45, 2.75) is 13.8 Å². The van der Waals surface area contributed by atoms with Gasteiger partial charge in [0.25, 0.3) is 5.17 Å². The average Bonchev–Trinajstić information content (AvgIpc) is 1.90. The molecule has 0 aliphatic rings. The number of hydrogen-bond donors (Lipinski definition) is 1. The summed E-state index contributed by atoms with van der Waals surface area (Å²) in [6.45, 7) is 5.77. The van der Waals surface area contributed by atoms with Crippen molar-refractivity contribution in [3.05, 3.63) is 0 Å². The van der Waals surface area contributed by atoms with Crippen molar-refractivity contribution >= 4 is 30.3 Å². The number of thiol groups is 1. The van der Waals surface area contributed by atoms with Crippen LogP contribution < -0.4 is 0 Å². The first-order valence-electron chi connectivity index (χ1n) is 2.86. The third kappa shape index (κ3) is 2.91. The van der Waals surface area contributed by atoms with E-state index >= 15 is 0 Å². The van der Waals surface area contributed by atoms with Gasteiger partial charge in [-0.15, -0.1) is 0 Å². The lowest BCUT2D eigenvalue weighted by Crippen LogP contribution is -2.28. The summed E-state index contributed by atoms with van der Waals surface area (Å²) in [5.41, 5.74) is 0. The molecule has 0 saturated carbocycles. The molecule has 0 N–H and O–H groups in total. The summed E-state index contributed by atoms with van der Waals surface area (Å²) in [5, 5.41) is 0.448. The normalized spacial score (nSPS) is 8.78. The summed E-state index contributed by atoms with van der Waals surface area (Å²) >= 11 is 8.38. The molecule has 0 spiro atoms. The first-order valence-corrected chi connectivity index (χ1v) is 3.63. The molecule has 0 heterocycles. The fourth-order valence-corrected chi connectivity index (χ4v) is 0.913. The van der Waals surface area contributed by atoms with E-state index in [4.69, 9.17) is 12.2 Å². The Kier molecular flexibility index (Phi) is 4.90. The molecule has 54 valence electrons. The zero-order valence-corrected chi connectivity index (χ0v) is 7.34. The maximum absolute atomic E-state index is 4.80. The second-order valence-corrected chi connectivity index (χ2v) is 2.06. The average molecular weight is 165 g/mol. The minimum absolute atomic E-state index is 0.448. The molecule has 9 heavy (non-hydrogen) atoms. The van der Waals surface area contributed by atoms with Gasteiger partial charge in [0, 0.05) is 26.0 Å². The number of hydrogen-bond acceptors (Lipinski definition) is 3. The molecular formula is C5H11NOS2. The van der Waals surface area contributed by atoms with Crippen molar-refractivity contribution in [1.82, 2.24) is 4.90 Å². The second kappa shape index (κ2) is 4.88. The lowest BCUT2D eigenvalue weighted by molar-refractivity contribution is 0.403. The van der Waals surface area contributed by atoms with Gasteiger partial charge in [0.05, 0.1) is 0 Å². The molecule has 0 rings (SSSR count). The highest BCUT2D eigenvalue weighted by molar-refractivity contribution is 7.82. The molecular weight excluding hydrogens is 154 g/mol. The number of thiocarbonyl (C=S) groups is 1. The highest BCUT2D eigenvalue weighted by atomic mass is 32.1. The van der Waals surface area contributed by atoms with Gasteiger partial charge >= 0.3 is 0 Å². The third-order valence-electron chi connectivity index (χ3n) is 1.10. The van der Waals surface area contributed by atoms with E-state index in [9.17, 15) is 0 Å². The summed E-state index contributed by atoms with van der Waals surface area (Å²) in [6.07, 6.45) is 0. The van der Waals surface area contributed by atoms with Crippen LogP contribution in [-0.4, -0.2) is 23.2 Å². The predicted molar refractivity (Wildman–Crippen MR) is 45.6 cm³/mol. The van der Waals surface area contributed by atoms with Gasteiger partial charge in [-0.05, 0) is 26.1 Å². The minimum atomic E-state index is 0.448. The Balaban J connectivity index is 3.64. The predicted octanol–water partition coefficient (Wildman–Crippen LogP) is 1.47. The van der Waals surface area contributed by atoms with E-state index in [0.717, 1.165) is 13.1 Å². The van der Waals surface area contributed by atoms with E-state index in [2.05, 4.69) is 17.1 Å². The molecule has 0 fully saturated rings. The smallest absolute Gasteiger partial charge is 0.271 e. The first-order chi connectivity index (χ1) is 4.26. The SMILES string of the molecule is CCN(CC)C(=S)OS. The van der Waals surface area contributed by atoms with Gasteiger partial charge in [-0.3, -0.25) is 0 Å². The van der Waals surface area contributed by atoms with E-state index in [1.54, 1.807) is 0 Å². The maximum atomic E-state index is 4.80. The van der Waals surface area contributed by atoms with E-state index in [-0.39, 0.29) is 0 Å². The molecule has 0 aliphatic heterocycles. The van der Waals surface area contributed by atoms with Crippen LogP contribution in [0, 0.1) is 0 Å². The standard InChI is InChI=1S/C5H11NOS2/c1-3-6(4-2)5(8)7-9/h9H,3-4H2,1-2H3. The van der Waals surface area contributed by atoms with E-state index in [1.165, 1.54) is 0 Å². The van der Waals surface area contributed by atoms with Crippen LogP contribution in [0.3, 0.4) is 0 Å². The summed E-state index contributed by atoms with van der Waals surface area (Å²) in [5.74, 6) is 0. The van der Waals surface area contributed by atoms with Crippen molar-refractivity contribution in [2.24, 2.45) is 0 Å². The molecule has 0 aromatic rings. The monoisotopic (exact) mass is 165 g/mol. The number of nitrogens with zero attached hydrogens (tertiary/aromatic N) is 1. The van der Waals surface area contributed by atoms with E-state index < -0.39 is 0 Å². The summed E-state index contributed by atoms with van der Waals surface area (Å²) in [4.78, 5) is 1.91. The van der Waals surface area contributed by atoms with E-state index in [1.807, 2.05) is 18.7 Å². The molecule has 0 atom stereocenters. The Morgan fingerprint density at radius 1 is 1.56 bits per heavy atom. The van der Waals surface area contributed by atoms with Crippen LogP contribution in [0.15, 0.2) is 0 Å². The minimum Gasteiger partial charge on any atom is -0.400 e. The lowest BCUT2D eigenvalue weighted by atomic mass is 10.6. The summed E-state index contributed by atoms with van der Waals surface area (Å²) in [6, 6.07) is 0. The molecule has 0 aromatic heterocycles. The van der Waals surface area contributed by atoms with Crippen molar-refractivity contribution in [3.63, 3.8) is 0 Å². The molecule has 0 bridgehead atoms. The fraction of sp³-hybridized carbons (Fsp3) is 0.800. The van der Waals surface area contributed by atoms with Crippen molar-refractivity contribution in [3.8, 4) is 0 Å². The topological polar surface area (TPSA) is 12.5 Å². The van der Waals surface area contributed by atoms with Gasteiger partial charge in [0.1, 0.15) is 0 Å². The Morgan fingerprint density at radius 3 is 2.11 bits per heavy atom. The van der Waals surface area contributed by atoms with Crippen LogP contribution in [-0.2, 0) is 4.18 Å². The molecule has 0 aliphatic carbocycles. The molecule has 2 nitrogen and oxygen atoms in total. The molecule has 0 amide bonds. The van der Waals surface area contributed by atoms with Crippen LogP contribution in [0.2, 0.25) is 0 Å². The van der Waals surface area contributed by atoms with Gasteiger partial charge < -0.3 is 9.08 Å². The van der Waals surface area contributed by atoms with Gasteiger partial charge in [0.2, 0.25) is 0 Å². The van der Waals surface area contributed by atoms with Crippen molar-refractivity contribution in [2.75, 3.05) is 13.1 Å². The van der Waals surface area contributed by atoms with Crippen LogP contribution in [0.25, 0.3) is 0 Å². The lowest BCUT2D eigenvalue weighted by Gasteiger charge is -2.18. The van der Waals surface area contributed by atoms with Gasteiger partial charge in [0.15, 0.2) is 0 Å². The second-order valence-electron chi connectivity index (χ2n) is 1.53. The quantitative estimate of drug-likeness (QED) is 0.378. The largest absolute Gasteiger partial charge is 0.400 e. The van der Waals surface area contributed by atoms with Crippen LogP contribution in [0.1, 0.15) is 13.8 Å². The Morgan fingerprint density at radius 2 is 2.00 bits per heavy atom. The zero-order chi connectivity index (χ0) is 7.28. The maximum Gasteiger partial charge on any atom is 0.271 e. The molecule has 0 radical (unpaired) electrons. The summed E-state index contributed by atoms with van der Waals surface area (Å²) < 4.78 is 4.55. The fourth-order valence-electron chi connectivity index (χ4n) is 0.540. The van der Waals surface area contributed by atoms with E-state index in [0.29, 0.717) is 5.17 Å². The molecule has 0 saturated heterocycles. The molecule has 4 heteroatoms. The van der Waals surface area contributed by atoms with Crippen LogP contribution in [0.4, 0.5) is 0 Å². The molecule has 0 unspecified atom stereocenters. The van der Waals surface area contributed by atoms with Gasteiger partial charge in [-0.25, -0.2) is 0 Å². The summed E-state index contributed by atoms with van der Waals surface area (Å²) in [7, 11) is 0. The Bertz CT molecular complexity index is 93.0. The van der Waals surface area contributed by atoms with Crippen molar-refractivity contribution < 1.29 is 4.18 Å². The Labute approximate surface area is 66.8 Å². The first kappa shape index (κ1) is 9.04. The van der Waals surface area contributed by atoms with Crippen molar-refractivity contribution in [1.29, 1.82) is 0 Å². The zero-order valence-electron chi connectivity index (χ0n) is 5.63. The van der Waals surface area contributed by atoms with Gasteiger partial charge in [-0.1, -0.05) is 0 Å². The highest BCUT2D eigenvalue weighted by Crippen LogP contribution is 1.94. The van der Waals surface area contributed by atoms with Gasteiger partial charge in [-0.2, -0.15) is 0 Å².